The molecule has 0 saturated carbocycles. The van der Waals surface area contributed by atoms with Crippen LogP contribution in [0.15, 0.2) is 60.9 Å². The molecular weight excluding hydrogens is 636 g/mol. The molecule has 0 radical (unpaired) electrons. The molecule has 2 aromatic carbocycles. The van der Waals surface area contributed by atoms with Crippen molar-refractivity contribution in [1.29, 1.82) is 5.26 Å². The molecule has 7 rings (SSSR count). The number of imidazole rings is 1. The smallest absolute Gasteiger partial charge is 0.350 e. The Bertz CT molecular complexity index is 1960. The van der Waals surface area contributed by atoms with Crippen LogP contribution in [0.4, 0.5) is 18.3 Å². The van der Waals surface area contributed by atoms with Crippen LogP contribution < -0.4 is 5.32 Å². The molecular formula is C36H32F3N7OS. The standard InChI is InChI=1S/C36H32F3N7OS/c1-23-28-17-27(9-6-24-4-7-26(8-5-24)20-44-14-10-25(19-40)11-15-44)18-30(36(37,38)39)29(28)21-46(23)33(34(47)43-35-41-12-16-48-35)32-31-3-2-13-45(31)22-42-32/h4-5,7-8,12,16-18,22,25,33H,1-3,10-11,13-15,20-21H2,(H,41,43,47). The number of likely N-dealkylation sites (tertiary alicyclic amines) is 1. The molecule has 4 aromatic rings. The summed E-state index contributed by atoms with van der Waals surface area (Å²) >= 11 is 1.26. The molecule has 0 aliphatic carbocycles. The number of alkyl halides is 3. The Kier molecular flexibility index (Phi) is 8.54. The first-order valence-electron chi connectivity index (χ1n) is 15.8. The summed E-state index contributed by atoms with van der Waals surface area (Å²) in [5.41, 5.74) is 3.30. The van der Waals surface area contributed by atoms with Gasteiger partial charge in [0.1, 0.15) is 0 Å². The first kappa shape index (κ1) is 31.7. The lowest BCUT2D eigenvalue weighted by molar-refractivity contribution is -0.138. The van der Waals surface area contributed by atoms with Crippen molar-refractivity contribution in [3.8, 4) is 17.9 Å². The first-order chi connectivity index (χ1) is 23.2. The minimum absolute atomic E-state index is 0.0594. The van der Waals surface area contributed by atoms with Crippen LogP contribution in [0.2, 0.25) is 0 Å². The highest BCUT2D eigenvalue weighted by atomic mass is 32.1. The number of amides is 1. The van der Waals surface area contributed by atoms with E-state index in [1.807, 2.05) is 28.8 Å². The lowest BCUT2D eigenvalue weighted by atomic mass is 9.98. The van der Waals surface area contributed by atoms with E-state index in [1.54, 1.807) is 28.9 Å². The largest absolute Gasteiger partial charge is 0.416 e. The van der Waals surface area contributed by atoms with Gasteiger partial charge in [-0.15, -0.1) is 11.3 Å². The maximum absolute atomic E-state index is 14.6. The van der Waals surface area contributed by atoms with Gasteiger partial charge in [0, 0.05) is 65.2 Å². The maximum atomic E-state index is 14.6. The fourth-order valence-corrected chi connectivity index (χ4v) is 7.35. The van der Waals surface area contributed by atoms with Gasteiger partial charge in [-0.25, -0.2) is 9.97 Å². The maximum Gasteiger partial charge on any atom is 0.416 e. The van der Waals surface area contributed by atoms with Gasteiger partial charge in [-0.05, 0) is 74.2 Å². The molecule has 48 heavy (non-hydrogen) atoms. The van der Waals surface area contributed by atoms with Crippen LogP contribution in [0, 0.1) is 29.1 Å². The van der Waals surface area contributed by atoms with E-state index in [9.17, 15) is 18.0 Å². The zero-order valence-corrected chi connectivity index (χ0v) is 26.9. The third-order valence-corrected chi connectivity index (χ3v) is 9.98. The number of aryl methyl sites for hydroxylation is 1. The van der Waals surface area contributed by atoms with Gasteiger partial charge in [0.05, 0.1) is 23.7 Å². The van der Waals surface area contributed by atoms with E-state index in [2.05, 4.69) is 44.7 Å². The second-order valence-corrected chi connectivity index (χ2v) is 13.2. The Labute approximate surface area is 280 Å². The van der Waals surface area contributed by atoms with E-state index in [0.717, 1.165) is 69.2 Å². The minimum atomic E-state index is -4.64. The van der Waals surface area contributed by atoms with Crippen LogP contribution in [-0.4, -0.2) is 43.3 Å². The second-order valence-electron chi connectivity index (χ2n) is 12.4. The fraction of sp³-hybridized carbons (Fsp3) is 0.333. The topological polar surface area (TPSA) is 90.1 Å². The van der Waals surface area contributed by atoms with Crippen LogP contribution in [-0.2, 0) is 37.0 Å². The van der Waals surface area contributed by atoms with Gasteiger partial charge in [0.25, 0.3) is 5.91 Å². The number of nitrogens with zero attached hydrogens (tertiary/aromatic N) is 6. The molecule has 1 fully saturated rings. The van der Waals surface area contributed by atoms with Gasteiger partial charge >= 0.3 is 6.18 Å². The van der Waals surface area contributed by atoms with Crippen LogP contribution in [0.25, 0.3) is 5.70 Å². The molecule has 1 unspecified atom stereocenters. The Balaban J connectivity index is 1.16. The predicted molar refractivity (Wildman–Crippen MR) is 176 cm³/mol. The second kappa shape index (κ2) is 12.9. The number of carbonyl (C=O) groups excluding carboxylic acids is 1. The zero-order chi connectivity index (χ0) is 33.4. The summed E-state index contributed by atoms with van der Waals surface area (Å²) in [4.78, 5) is 26.5. The van der Waals surface area contributed by atoms with Crippen molar-refractivity contribution in [2.75, 3.05) is 18.4 Å². The number of anilines is 1. The van der Waals surface area contributed by atoms with E-state index in [4.69, 9.17) is 5.26 Å². The van der Waals surface area contributed by atoms with Crippen LogP contribution in [0.1, 0.15) is 70.1 Å². The molecule has 1 saturated heterocycles. The van der Waals surface area contributed by atoms with Gasteiger partial charge < -0.3 is 9.47 Å². The lowest BCUT2D eigenvalue weighted by Crippen LogP contribution is -2.34. The number of carbonyl (C=O) groups is 1. The molecule has 0 spiro atoms. The molecule has 1 amide bonds. The van der Waals surface area contributed by atoms with E-state index in [0.29, 0.717) is 27.6 Å². The van der Waals surface area contributed by atoms with Crippen molar-refractivity contribution in [3.05, 3.63) is 106 Å². The summed E-state index contributed by atoms with van der Waals surface area (Å²) in [6, 6.07) is 11.8. The minimum Gasteiger partial charge on any atom is -0.350 e. The number of piperidine rings is 1. The van der Waals surface area contributed by atoms with Gasteiger partial charge in [0.2, 0.25) is 0 Å². The number of benzene rings is 2. The number of nitrogens with one attached hydrogen (secondary N) is 1. The fourth-order valence-electron chi connectivity index (χ4n) is 6.81. The summed E-state index contributed by atoms with van der Waals surface area (Å²) < 4.78 is 45.7. The van der Waals surface area contributed by atoms with Crippen molar-refractivity contribution in [2.45, 2.75) is 57.5 Å². The Morgan fingerprint density at radius 2 is 1.88 bits per heavy atom. The quantitative estimate of drug-likeness (QED) is 0.233. The van der Waals surface area contributed by atoms with Crippen molar-refractivity contribution < 1.29 is 18.0 Å². The summed E-state index contributed by atoms with van der Waals surface area (Å²) in [5.74, 6) is 5.66. The number of halogens is 3. The Morgan fingerprint density at radius 3 is 2.58 bits per heavy atom. The van der Waals surface area contributed by atoms with Crippen molar-refractivity contribution in [2.24, 2.45) is 5.92 Å². The Morgan fingerprint density at radius 1 is 1.10 bits per heavy atom. The number of thiazole rings is 1. The normalized spacial score (nSPS) is 17.0. The van der Waals surface area contributed by atoms with Crippen LogP contribution in [0.5, 0.6) is 0 Å². The zero-order valence-electron chi connectivity index (χ0n) is 26.1. The van der Waals surface area contributed by atoms with E-state index in [1.165, 1.54) is 11.3 Å². The summed E-state index contributed by atoms with van der Waals surface area (Å²) in [6.45, 7) is 7.34. The number of aromatic nitrogens is 3. The van der Waals surface area contributed by atoms with Gasteiger partial charge in [-0.3, -0.25) is 15.0 Å². The third kappa shape index (κ3) is 6.34. The molecule has 244 valence electrons. The van der Waals surface area contributed by atoms with Crippen molar-refractivity contribution in [3.63, 3.8) is 0 Å². The number of hydrogen-bond donors (Lipinski definition) is 1. The van der Waals surface area contributed by atoms with Crippen LogP contribution >= 0.6 is 11.3 Å². The molecule has 3 aliphatic heterocycles. The highest BCUT2D eigenvalue weighted by molar-refractivity contribution is 7.13. The summed E-state index contributed by atoms with van der Waals surface area (Å²) in [6.07, 6.45) is 1.98. The number of hydrogen-bond acceptors (Lipinski definition) is 7. The van der Waals surface area contributed by atoms with E-state index < -0.39 is 23.7 Å². The molecule has 1 N–H and O–H groups in total. The number of rotatable bonds is 6. The molecule has 8 nitrogen and oxygen atoms in total. The predicted octanol–water partition coefficient (Wildman–Crippen LogP) is 6.61. The average molecular weight is 668 g/mol. The average Bonchev–Trinajstić information content (AvgIpc) is 3.88. The number of nitriles is 1. The SMILES string of the molecule is C=C1c2cc(C#Cc3ccc(CN4CCC(C#N)CC4)cc3)cc(C(F)(F)F)c2CN1C(C(=O)Nc1nccs1)c1ncn2c1CCC2. The highest BCUT2D eigenvalue weighted by Crippen LogP contribution is 2.45. The van der Waals surface area contributed by atoms with Gasteiger partial charge in [0.15, 0.2) is 11.2 Å². The van der Waals surface area contributed by atoms with Gasteiger partial charge in [-0.2, -0.15) is 18.4 Å². The molecule has 1 atom stereocenters. The summed E-state index contributed by atoms with van der Waals surface area (Å²) in [7, 11) is 0. The monoisotopic (exact) mass is 667 g/mol. The first-order valence-corrected chi connectivity index (χ1v) is 16.7. The Hall–Kier alpha value is -4.91. The molecule has 0 bridgehead atoms. The van der Waals surface area contributed by atoms with Crippen molar-refractivity contribution in [1.82, 2.24) is 24.3 Å². The summed E-state index contributed by atoms with van der Waals surface area (Å²) in [5, 5.41) is 14.1. The highest BCUT2D eigenvalue weighted by Gasteiger charge is 2.43. The molecule has 5 heterocycles. The number of fused-ring (bicyclic) bond motifs is 2. The van der Waals surface area contributed by atoms with Gasteiger partial charge in [-0.1, -0.05) is 30.6 Å². The molecule has 12 heteroatoms. The third-order valence-electron chi connectivity index (χ3n) is 9.30. The lowest BCUT2D eigenvalue weighted by Gasteiger charge is -2.29. The molecule has 2 aromatic heterocycles. The van der Waals surface area contributed by atoms with Crippen LogP contribution in [0.3, 0.4) is 0 Å². The molecule has 3 aliphatic rings. The van der Waals surface area contributed by atoms with Crippen molar-refractivity contribution >= 4 is 28.1 Å². The van der Waals surface area contributed by atoms with E-state index >= 15 is 0 Å². The van der Waals surface area contributed by atoms with E-state index in [-0.39, 0.29) is 23.6 Å².